The second kappa shape index (κ2) is 5.67. The maximum absolute atomic E-state index is 6.27. The average molecular weight is 264 g/mol. The highest BCUT2D eigenvalue weighted by Gasteiger charge is 2.15. The molecule has 3 rings (SSSR count). The molecule has 4 heteroatoms. The zero-order valence-electron chi connectivity index (χ0n) is 11.1. The number of hydrogen-bond donors (Lipinski definition) is 1. The Kier molecular flexibility index (Phi) is 3.56. The molecule has 0 radical (unpaired) electrons. The molecule has 4 nitrogen and oxygen atoms in total. The summed E-state index contributed by atoms with van der Waals surface area (Å²) in [6.45, 7) is 0.761. The van der Waals surface area contributed by atoms with Crippen molar-refractivity contribution >= 4 is 0 Å². The molecule has 1 atom stereocenters. The van der Waals surface area contributed by atoms with E-state index in [4.69, 9.17) is 5.73 Å². The van der Waals surface area contributed by atoms with Gasteiger partial charge in [-0.1, -0.05) is 36.4 Å². The molecule has 0 aliphatic carbocycles. The van der Waals surface area contributed by atoms with Crippen molar-refractivity contribution in [2.45, 2.75) is 12.6 Å². The van der Waals surface area contributed by atoms with E-state index in [9.17, 15) is 0 Å². The summed E-state index contributed by atoms with van der Waals surface area (Å²) in [5.74, 6) is 0.826. The smallest absolute Gasteiger partial charge is 0.132 e. The summed E-state index contributed by atoms with van der Waals surface area (Å²) in [5, 5.41) is 0. The Balaban J connectivity index is 1.87. The van der Waals surface area contributed by atoms with Crippen LogP contribution < -0.4 is 5.73 Å². The third kappa shape index (κ3) is 2.60. The highest BCUT2D eigenvalue weighted by Crippen LogP contribution is 2.16. The molecule has 0 amide bonds. The van der Waals surface area contributed by atoms with Gasteiger partial charge in [-0.15, -0.1) is 0 Å². The van der Waals surface area contributed by atoms with Crippen LogP contribution in [0, 0.1) is 0 Å². The number of nitrogens with two attached hydrogens (primary N) is 1. The van der Waals surface area contributed by atoms with Crippen molar-refractivity contribution in [2.24, 2.45) is 5.73 Å². The van der Waals surface area contributed by atoms with Crippen LogP contribution in [-0.2, 0) is 6.54 Å². The molecule has 2 N–H and O–H groups in total. The number of nitrogens with zero attached hydrogens (tertiary/aromatic N) is 3. The Labute approximate surface area is 117 Å². The van der Waals surface area contributed by atoms with Gasteiger partial charge >= 0.3 is 0 Å². The highest BCUT2D eigenvalue weighted by molar-refractivity contribution is 5.20. The summed E-state index contributed by atoms with van der Waals surface area (Å²) >= 11 is 0. The highest BCUT2D eigenvalue weighted by atomic mass is 15.1. The number of hydrogen-bond acceptors (Lipinski definition) is 3. The molecule has 0 saturated carbocycles. The monoisotopic (exact) mass is 264 g/mol. The predicted molar refractivity (Wildman–Crippen MR) is 78.0 cm³/mol. The minimum Gasteiger partial charge on any atom is -0.329 e. The second-order valence-corrected chi connectivity index (χ2v) is 4.63. The maximum Gasteiger partial charge on any atom is 0.132 e. The summed E-state index contributed by atoms with van der Waals surface area (Å²) in [6.07, 6.45) is 5.48. The maximum atomic E-state index is 6.27. The molecule has 2 aromatic heterocycles. The van der Waals surface area contributed by atoms with Crippen LogP contribution in [0.25, 0.3) is 0 Å². The Morgan fingerprint density at radius 2 is 1.75 bits per heavy atom. The quantitative estimate of drug-likeness (QED) is 0.787. The third-order valence-corrected chi connectivity index (χ3v) is 3.23. The van der Waals surface area contributed by atoms with Gasteiger partial charge in [-0.25, -0.2) is 4.98 Å². The van der Waals surface area contributed by atoms with E-state index in [1.165, 1.54) is 5.56 Å². The minimum absolute atomic E-state index is 0.310. The Bertz CT molecular complexity index is 661. The number of pyridine rings is 1. The molecule has 20 heavy (non-hydrogen) atoms. The van der Waals surface area contributed by atoms with Gasteiger partial charge in [0.05, 0.1) is 5.69 Å². The summed E-state index contributed by atoms with van der Waals surface area (Å²) in [6, 6.07) is 15.7. The van der Waals surface area contributed by atoms with Gasteiger partial charge in [0.15, 0.2) is 0 Å². The number of aromatic nitrogens is 3. The molecule has 1 aromatic carbocycles. The van der Waals surface area contributed by atoms with E-state index < -0.39 is 0 Å². The first-order chi connectivity index (χ1) is 9.84. The Hall–Kier alpha value is -2.46. The lowest BCUT2D eigenvalue weighted by Gasteiger charge is -2.13. The van der Waals surface area contributed by atoms with Crippen molar-refractivity contribution < 1.29 is 0 Å². The van der Waals surface area contributed by atoms with Crippen LogP contribution in [0.1, 0.15) is 23.1 Å². The summed E-state index contributed by atoms with van der Waals surface area (Å²) < 4.78 is 2.06. The average Bonchev–Trinajstić information content (AvgIpc) is 2.96. The van der Waals surface area contributed by atoms with Gasteiger partial charge in [-0.3, -0.25) is 4.98 Å². The zero-order valence-corrected chi connectivity index (χ0v) is 11.1. The van der Waals surface area contributed by atoms with Crippen molar-refractivity contribution in [3.8, 4) is 0 Å². The van der Waals surface area contributed by atoms with Gasteiger partial charge in [0.25, 0.3) is 0 Å². The van der Waals surface area contributed by atoms with Crippen LogP contribution >= 0.6 is 0 Å². The summed E-state index contributed by atoms with van der Waals surface area (Å²) in [5.41, 5.74) is 8.32. The van der Waals surface area contributed by atoms with Crippen LogP contribution in [-0.4, -0.2) is 14.5 Å². The van der Waals surface area contributed by atoms with Gasteiger partial charge < -0.3 is 10.3 Å². The molecule has 2 heterocycles. The van der Waals surface area contributed by atoms with Crippen LogP contribution in [0.5, 0.6) is 0 Å². The SMILES string of the molecule is NC(c1ccccn1)c1nccn1Cc1ccccc1. The van der Waals surface area contributed by atoms with Gasteiger partial charge in [-0.2, -0.15) is 0 Å². The molecule has 0 bridgehead atoms. The van der Waals surface area contributed by atoms with Crippen LogP contribution in [0.15, 0.2) is 67.1 Å². The lowest BCUT2D eigenvalue weighted by Crippen LogP contribution is -2.19. The lowest BCUT2D eigenvalue weighted by atomic mass is 10.1. The van der Waals surface area contributed by atoms with Crippen LogP contribution in [0.4, 0.5) is 0 Å². The molecule has 0 aliphatic heterocycles. The van der Waals surface area contributed by atoms with E-state index in [2.05, 4.69) is 26.7 Å². The van der Waals surface area contributed by atoms with Gasteiger partial charge in [0, 0.05) is 25.1 Å². The number of imidazole rings is 1. The standard InChI is InChI=1S/C16H16N4/c17-15(14-8-4-5-9-18-14)16-19-10-11-20(16)12-13-6-2-1-3-7-13/h1-11,15H,12,17H2. The molecule has 0 saturated heterocycles. The van der Waals surface area contributed by atoms with Crippen molar-refractivity contribution in [3.63, 3.8) is 0 Å². The first kappa shape index (κ1) is 12.6. The molecule has 0 aliphatic rings. The molecular formula is C16H16N4. The summed E-state index contributed by atoms with van der Waals surface area (Å²) in [7, 11) is 0. The van der Waals surface area contributed by atoms with Gasteiger partial charge in [0.2, 0.25) is 0 Å². The third-order valence-electron chi connectivity index (χ3n) is 3.23. The number of benzene rings is 1. The van der Waals surface area contributed by atoms with Gasteiger partial charge in [-0.05, 0) is 17.7 Å². The van der Waals surface area contributed by atoms with Crippen molar-refractivity contribution in [1.82, 2.24) is 14.5 Å². The van der Waals surface area contributed by atoms with E-state index in [1.807, 2.05) is 42.6 Å². The Morgan fingerprint density at radius 1 is 0.950 bits per heavy atom. The molecule has 100 valence electrons. The fourth-order valence-corrected chi connectivity index (χ4v) is 2.21. The first-order valence-electron chi connectivity index (χ1n) is 6.56. The molecule has 1 unspecified atom stereocenters. The van der Waals surface area contributed by atoms with E-state index in [0.717, 1.165) is 18.1 Å². The fourth-order valence-electron chi connectivity index (χ4n) is 2.21. The van der Waals surface area contributed by atoms with Crippen LogP contribution in [0.2, 0.25) is 0 Å². The summed E-state index contributed by atoms with van der Waals surface area (Å²) in [4.78, 5) is 8.69. The molecular weight excluding hydrogens is 248 g/mol. The largest absolute Gasteiger partial charge is 0.329 e. The molecule has 0 spiro atoms. The van der Waals surface area contributed by atoms with E-state index in [1.54, 1.807) is 12.4 Å². The van der Waals surface area contributed by atoms with E-state index >= 15 is 0 Å². The van der Waals surface area contributed by atoms with Gasteiger partial charge in [0.1, 0.15) is 11.9 Å². The van der Waals surface area contributed by atoms with E-state index in [-0.39, 0.29) is 6.04 Å². The molecule has 3 aromatic rings. The van der Waals surface area contributed by atoms with Crippen molar-refractivity contribution in [1.29, 1.82) is 0 Å². The first-order valence-corrected chi connectivity index (χ1v) is 6.56. The zero-order chi connectivity index (χ0) is 13.8. The fraction of sp³-hybridized carbons (Fsp3) is 0.125. The topological polar surface area (TPSA) is 56.7 Å². The van der Waals surface area contributed by atoms with E-state index in [0.29, 0.717) is 0 Å². The Morgan fingerprint density at radius 3 is 2.50 bits per heavy atom. The van der Waals surface area contributed by atoms with Crippen molar-refractivity contribution in [3.05, 3.63) is 84.2 Å². The predicted octanol–water partition coefficient (Wildman–Crippen LogP) is 2.37. The molecule has 0 fully saturated rings. The minimum atomic E-state index is -0.310. The van der Waals surface area contributed by atoms with Crippen molar-refractivity contribution in [2.75, 3.05) is 0 Å². The van der Waals surface area contributed by atoms with Crippen LogP contribution in [0.3, 0.4) is 0 Å². The second-order valence-electron chi connectivity index (χ2n) is 4.63. The number of rotatable bonds is 4. The lowest BCUT2D eigenvalue weighted by molar-refractivity contribution is 0.663. The normalized spacial score (nSPS) is 12.2.